The fourth-order valence-electron chi connectivity index (χ4n) is 3.80. The van der Waals surface area contributed by atoms with Crippen molar-refractivity contribution in [2.24, 2.45) is 5.92 Å². The Bertz CT molecular complexity index is 1170. The molecule has 7 heteroatoms. The molecule has 7 nitrogen and oxygen atoms in total. The SMILES string of the molecule is CC1CN(C(=O)c2ccc3ccccc3n2)CC1c1nc(-c2cccnc2)no1. The maximum atomic E-state index is 13.0. The number of amides is 1. The van der Waals surface area contributed by atoms with Crippen LogP contribution in [-0.2, 0) is 0 Å². The van der Waals surface area contributed by atoms with Gasteiger partial charge in [-0.2, -0.15) is 4.98 Å². The highest BCUT2D eigenvalue weighted by molar-refractivity contribution is 5.95. The number of carbonyl (C=O) groups is 1. The number of pyridine rings is 2. The summed E-state index contributed by atoms with van der Waals surface area (Å²) in [6.45, 7) is 3.26. The van der Waals surface area contributed by atoms with Gasteiger partial charge in [-0.25, -0.2) is 4.98 Å². The van der Waals surface area contributed by atoms with E-state index in [1.165, 1.54) is 0 Å². The molecule has 29 heavy (non-hydrogen) atoms. The fraction of sp³-hybridized carbons (Fsp3) is 0.227. The highest BCUT2D eigenvalue weighted by atomic mass is 16.5. The van der Waals surface area contributed by atoms with Crippen LogP contribution in [-0.4, -0.2) is 44.0 Å². The number of aromatic nitrogens is 4. The minimum absolute atomic E-state index is 0.00247. The number of hydrogen-bond acceptors (Lipinski definition) is 6. The number of likely N-dealkylation sites (tertiary alicyclic amines) is 1. The van der Waals surface area contributed by atoms with Gasteiger partial charge >= 0.3 is 0 Å². The highest BCUT2D eigenvalue weighted by Crippen LogP contribution is 2.33. The zero-order valence-electron chi connectivity index (χ0n) is 15.9. The molecule has 1 fully saturated rings. The van der Waals surface area contributed by atoms with E-state index in [4.69, 9.17) is 4.52 Å². The average Bonchev–Trinajstić information content (AvgIpc) is 3.40. The van der Waals surface area contributed by atoms with Crippen LogP contribution in [0.1, 0.15) is 29.2 Å². The number of carbonyl (C=O) groups excluding carboxylic acids is 1. The second-order valence-electron chi connectivity index (χ2n) is 7.38. The molecule has 0 bridgehead atoms. The van der Waals surface area contributed by atoms with Crippen molar-refractivity contribution in [3.63, 3.8) is 0 Å². The molecule has 1 aromatic carbocycles. The van der Waals surface area contributed by atoms with Gasteiger partial charge < -0.3 is 9.42 Å². The molecule has 0 N–H and O–H groups in total. The van der Waals surface area contributed by atoms with Gasteiger partial charge in [-0.3, -0.25) is 9.78 Å². The van der Waals surface area contributed by atoms with E-state index in [0.717, 1.165) is 16.5 Å². The van der Waals surface area contributed by atoms with E-state index in [1.54, 1.807) is 18.5 Å². The summed E-state index contributed by atoms with van der Waals surface area (Å²) in [5.41, 5.74) is 2.08. The molecule has 1 amide bonds. The third-order valence-corrected chi connectivity index (χ3v) is 5.40. The van der Waals surface area contributed by atoms with Crippen molar-refractivity contribution in [1.29, 1.82) is 0 Å². The minimum Gasteiger partial charge on any atom is -0.339 e. The average molecular weight is 385 g/mol. The van der Waals surface area contributed by atoms with Crippen LogP contribution in [0, 0.1) is 5.92 Å². The maximum absolute atomic E-state index is 13.0. The largest absolute Gasteiger partial charge is 0.339 e. The van der Waals surface area contributed by atoms with Crippen LogP contribution in [0.3, 0.4) is 0 Å². The first-order valence-corrected chi connectivity index (χ1v) is 9.58. The lowest BCUT2D eigenvalue weighted by atomic mass is 9.98. The quantitative estimate of drug-likeness (QED) is 0.536. The standard InChI is InChI=1S/C22H19N5O2/c1-14-12-27(22(28)19-9-8-15-5-2-3-7-18(15)24-19)13-17(14)21-25-20(26-29-21)16-6-4-10-23-11-16/h2-11,14,17H,12-13H2,1H3. The Morgan fingerprint density at radius 2 is 1.97 bits per heavy atom. The molecule has 2 atom stereocenters. The molecule has 3 aromatic heterocycles. The molecule has 5 rings (SSSR count). The molecule has 0 aliphatic carbocycles. The van der Waals surface area contributed by atoms with E-state index < -0.39 is 0 Å². The second kappa shape index (κ2) is 7.09. The smallest absolute Gasteiger partial charge is 0.272 e. The molecule has 0 spiro atoms. The molecule has 1 saturated heterocycles. The summed E-state index contributed by atoms with van der Waals surface area (Å²) < 4.78 is 5.52. The normalized spacial score (nSPS) is 19.0. The van der Waals surface area contributed by atoms with Crippen LogP contribution in [0.2, 0.25) is 0 Å². The summed E-state index contributed by atoms with van der Waals surface area (Å²) in [5, 5.41) is 5.10. The first-order valence-electron chi connectivity index (χ1n) is 9.58. The Balaban J connectivity index is 1.36. The fourth-order valence-corrected chi connectivity index (χ4v) is 3.80. The Morgan fingerprint density at radius 3 is 2.83 bits per heavy atom. The topological polar surface area (TPSA) is 85.0 Å². The first-order chi connectivity index (χ1) is 14.2. The van der Waals surface area contributed by atoms with Crippen molar-refractivity contribution in [1.82, 2.24) is 25.0 Å². The summed E-state index contributed by atoms with van der Waals surface area (Å²) in [5.74, 6) is 1.20. The lowest BCUT2D eigenvalue weighted by Gasteiger charge is -2.15. The van der Waals surface area contributed by atoms with Gasteiger partial charge in [0.15, 0.2) is 0 Å². The molecule has 0 saturated carbocycles. The molecule has 144 valence electrons. The lowest BCUT2D eigenvalue weighted by Crippen LogP contribution is -2.29. The number of para-hydroxylation sites is 1. The van der Waals surface area contributed by atoms with Gasteiger partial charge in [-0.05, 0) is 30.2 Å². The Morgan fingerprint density at radius 1 is 1.07 bits per heavy atom. The van der Waals surface area contributed by atoms with Crippen molar-refractivity contribution in [3.8, 4) is 11.4 Å². The third kappa shape index (κ3) is 3.24. The van der Waals surface area contributed by atoms with E-state index >= 15 is 0 Å². The highest BCUT2D eigenvalue weighted by Gasteiger charge is 2.37. The number of benzene rings is 1. The molecular weight excluding hydrogens is 366 g/mol. The molecule has 0 radical (unpaired) electrons. The predicted octanol–water partition coefficient (Wildman–Crippen LogP) is 3.56. The van der Waals surface area contributed by atoms with E-state index in [0.29, 0.717) is 30.5 Å². The zero-order chi connectivity index (χ0) is 19.8. The summed E-state index contributed by atoms with van der Waals surface area (Å²) >= 11 is 0. The van der Waals surface area contributed by atoms with Gasteiger partial charge in [0.05, 0.1) is 11.4 Å². The molecule has 1 aliphatic rings. The van der Waals surface area contributed by atoms with E-state index in [-0.39, 0.29) is 17.7 Å². The van der Waals surface area contributed by atoms with E-state index in [1.807, 2.05) is 47.4 Å². The van der Waals surface area contributed by atoms with Crippen LogP contribution < -0.4 is 0 Å². The Hall–Kier alpha value is -3.61. The summed E-state index contributed by atoms with van der Waals surface area (Å²) in [6, 6.07) is 15.2. The minimum atomic E-state index is -0.0721. The maximum Gasteiger partial charge on any atom is 0.272 e. The van der Waals surface area contributed by atoms with Crippen molar-refractivity contribution < 1.29 is 9.32 Å². The van der Waals surface area contributed by atoms with E-state index in [9.17, 15) is 4.79 Å². The van der Waals surface area contributed by atoms with Crippen LogP contribution in [0.25, 0.3) is 22.3 Å². The summed E-state index contributed by atoms with van der Waals surface area (Å²) in [6.07, 6.45) is 3.40. The van der Waals surface area contributed by atoms with Gasteiger partial charge in [-0.15, -0.1) is 0 Å². The van der Waals surface area contributed by atoms with E-state index in [2.05, 4.69) is 27.0 Å². The van der Waals surface area contributed by atoms with Gasteiger partial charge in [0.25, 0.3) is 5.91 Å². The lowest BCUT2D eigenvalue weighted by molar-refractivity contribution is 0.0780. The Kier molecular flexibility index (Phi) is 4.27. The van der Waals surface area contributed by atoms with Gasteiger partial charge in [0.2, 0.25) is 11.7 Å². The van der Waals surface area contributed by atoms with Crippen LogP contribution >= 0.6 is 0 Å². The summed E-state index contributed by atoms with van der Waals surface area (Å²) in [4.78, 5) is 28.0. The van der Waals surface area contributed by atoms with Gasteiger partial charge in [0.1, 0.15) is 5.69 Å². The van der Waals surface area contributed by atoms with Crippen molar-refractivity contribution in [2.75, 3.05) is 13.1 Å². The van der Waals surface area contributed by atoms with Crippen LogP contribution in [0.15, 0.2) is 65.4 Å². The second-order valence-corrected chi connectivity index (χ2v) is 7.38. The molecule has 2 unspecified atom stereocenters. The van der Waals surface area contributed by atoms with Crippen molar-refractivity contribution in [3.05, 3.63) is 72.5 Å². The van der Waals surface area contributed by atoms with Gasteiger partial charge in [-0.1, -0.05) is 36.3 Å². The molecule has 4 heterocycles. The van der Waals surface area contributed by atoms with Crippen molar-refractivity contribution >= 4 is 16.8 Å². The predicted molar refractivity (Wildman–Crippen MR) is 107 cm³/mol. The third-order valence-electron chi connectivity index (χ3n) is 5.40. The van der Waals surface area contributed by atoms with Crippen LogP contribution in [0.4, 0.5) is 0 Å². The number of nitrogens with zero attached hydrogens (tertiary/aromatic N) is 5. The monoisotopic (exact) mass is 385 g/mol. The zero-order valence-corrected chi connectivity index (χ0v) is 15.9. The van der Waals surface area contributed by atoms with Crippen molar-refractivity contribution in [2.45, 2.75) is 12.8 Å². The first kappa shape index (κ1) is 17.5. The molecule has 4 aromatic rings. The Labute approximate surface area is 167 Å². The number of hydrogen-bond donors (Lipinski definition) is 0. The molecular formula is C22H19N5O2. The number of rotatable bonds is 3. The molecule has 1 aliphatic heterocycles. The van der Waals surface area contributed by atoms with Gasteiger partial charge in [0, 0.05) is 36.4 Å². The summed E-state index contributed by atoms with van der Waals surface area (Å²) in [7, 11) is 0. The van der Waals surface area contributed by atoms with Crippen LogP contribution in [0.5, 0.6) is 0 Å². The number of fused-ring (bicyclic) bond motifs is 1.